The van der Waals surface area contributed by atoms with Gasteiger partial charge in [-0.2, -0.15) is 0 Å². The standard InChI is InChI=1S/C37H46N2O6S/c1-46(43,44)35-23-32(16-17-34(35)41)45-25-31(40)24-38-30-14-12-27(13-15-30)26-8-10-29(11-9-26)36(42)39-21-19-37(20-22-39)18-4-6-28-5-2-3-7-33(28)37/h2-3,5,7-11,16-17,23,27,30-31,38,40-41H,4,6,12-15,18-22,24-25H2,1H3/t27?,30?,31-/m1/s1. The first-order valence-electron chi connectivity index (χ1n) is 16.7. The van der Waals surface area contributed by atoms with Gasteiger partial charge in [0.1, 0.15) is 29.1 Å². The highest BCUT2D eigenvalue weighted by Crippen LogP contribution is 2.45. The molecule has 3 aromatic rings. The molecule has 0 aromatic heterocycles. The topological polar surface area (TPSA) is 116 Å². The number of likely N-dealkylation sites (tertiary alicyclic amines) is 1. The maximum absolute atomic E-state index is 13.4. The normalized spacial score (nSPS) is 21.8. The van der Waals surface area contributed by atoms with Crippen molar-refractivity contribution in [3.05, 3.63) is 89.0 Å². The zero-order valence-electron chi connectivity index (χ0n) is 26.7. The Labute approximate surface area is 272 Å². The van der Waals surface area contributed by atoms with Gasteiger partial charge >= 0.3 is 0 Å². The Hall–Kier alpha value is -3.40. The Balaban J connectivity index is 0.935. The number of phenolic OH excluding ortho intramolecular Hbond substituents is 1. The van der Waals surface area contributed by atoms with E-state index in [2.05, 4.69) is 41.7 Å². The van der Waals surface area contributed by atoms with Crippen molar-refractivity contribution in [1.82, 2.24) is 10.2 Å². The van der Waals surface area contributed by atoms with Crippen LogP contribution in [0.4, 0.5) is 0 Å². The van der Waals surface area contributed by atoms with Crippen LogP contribution < -0.4 is 10.1 Å². The highest BCUT2D eigenvalue weighted by molar-refractivity contribution is 7.90. The number of rotatable bonds is 9. The largest absolute Gasteiger partial charge is 0.507 e. The number of fused-ring (bicyclic) bond motifs is 2. The maximum atomic E-state index is 13.4. The number of sulfone groups is 1. The second kappa shape index (κ2) is 13.8. The van der Waals surface area contributed by atoms with E-state index in [4.69, 9.17) is 4.74 Å². The number of aliphatic hydroxyl groups excluding tert-OH is 1. The number of nitrogens with one attached hydrogen (secondary N) is 1. The molecule has 1 saturated carbocycles. The summed E-state index contributed by atoms with van der Waals surface area (Å²) in [6.45, 7) is 2.00. The Bertz CT molecular complexity index is 1620. The summed E-state index contributed by atoms with van der Waals surface area (Å²) in [4.78, 5) is 15.3. The molecule has 46 heavy (non-hydrogen) atoms. The molecule has 3 aliphatic rings. The summed E-state index contributed by atoms with van der Waals surface area (Å²) in [5.41, 5.74) is 5.30. The lowest BCUT2D eigenvalue weighted by atomic mass is 9.65. The molecule has 3 N–H and O–H groups in total. The van der Waals surface area contributed by atoms with Crippen LogP contribution in [-0.2, 0) is 21.7 Å². The molecule has 1 heterocycles. The number of benzene rings is 3. The number of aryl methyl sites for hydroxylation is 1. The Kier molecular flexibility index (Phi) is 9.73. The number of piperidine rings is 1. The third-order valence-electron chi connectivity index (χ3n) is 10.5. The quantitative estimate of drug-likeness (QED) is 0.287. The number of nitrogens with zero attached hydrogens (tertiary/aromatic N) is 1. The molecule has 0 bridgehead atoms. The molecule has 0 radical (unpaired) electrons. The summed E-state index contributed by atoms with van der Waals surface area (Å²) in [5.74, 6) is 0.548. The highest BCUT2D eigenvalue weighted by Gasteiger charge is 2.40. The van der Waals surface area contributed by atoms with Gasteiger partial charge in [0, 0.05) is 43.6 Å². The maximum Gasteiger partial charge on any atom is 0.253 e. The number of amides is 1. The monoisotopic (exact) mass is 646 g/mol. The molecule has 3 aromatic carbocycles. The Morgan fingerprint density at radius 3 is 2.43 bits per heavy atom. The summed E-state index contributed by atoms with van der Waals surface area (Å²) >= 11 is 0. The fourth-order valence-corrected chi connectivity index (χ4v) is 8.59. The minimum atomic E-state index is -3.59. The molecule has 1 atom stereocenters. The minimum Gasteiger partial charge on any atom is -0.507 e. The number of aromatic hydroxyl groups is 1. The zero-order valence-corrected chi connectivity index (χ0v) is 27.5. The van der Waals surface area contributed by atoms with Gasteiger partial charge in [0.25, 0.3) is 5.91 Å². The Morgan fingerprint density at radius 1 is 1.00 bits per heavy atom. The number of carbonyl (C=O) groups is 1. The van der Waals surface area contributed by atoms with Crippen molar-refractivity contribution in [3.63, 3.8) is 0 Å². The second-order valence-electron chi connectivity index (χ2n) is 13.5. The fourth-order valence-electron chi connectivity index (χ4n) is 7.81. The molecule has 0 unspecified atom stereocenters. The van der Waals surface area contributed by atoms with E-state index in [1.807, 2.05) is 17.0 Å². The predicted molar refractivity (Wildman–Crippen MR) is 178 cm³/mol. The SMILES string of the molecule is CS(=O)(=O)c1cc(OC[C@H](O)CNC2CCC(c3ccc(C(=O)N4CCC5(CCCc6ccccc65)CC4)cc3)CC2)ccc1O. The highest BCUT2D eigenvalue weighted by atomic mass is 32.2. The van der Waals surface area contributed by atoms with E-state index in [9.17, 15) is 23.4 Å². The van der Waals surface area contributed by atoms with Gasteiger partial charge in [-0.1, -0.05) is 36.4 Å². The number of ether oxygens (including phenoxy) is 1. The number of aliphatic hydroxyl groups is 1. The Morgan fingerprint density at radius 2 is 1.72 bits per heavy atom. The van der Waals surface area contributed by atoms with Crippen molar-refractivity contribution >= 4 is 15.7 Å². The van der Waals surface area contributed by atoms with Crippen LogP contribution in [-0.4, -0.2) is 74.1 Å². The molecule has 1 amide bonds. The van der Waals surface area contributed by atoms with Gasteiger partial charge in [0.2, 0.25) is 0 Å². The van der Waals surface area contributed by atoms with E-state index in [0.717, 1.165) is 63.4 Å². The molecule has 1 spiro atoms. The van der Waals surface area contributed by atoms with E-state index in [-0.39, 0.29) is 34.3 Å². The van der Waals surface area contributed by atoms with Gasteiger partial charge in [-0.3, -0.25) is 4.79 Å². The van der Waals surface area contributed by atoms with Gasteiger partial charge in [0.05, 0.1) is 0 Å². The van der Waals surface area contributed by atoms with Crippen molar-refractivity contribution < 1.29 is 28.2 Å². The second-order valence-corrected chi connectivity index (χ2v) is 15.5. The molecule has 1 saturated heterocycles. The summed E-state index contributed by atoms with van der Waals surface area (Å²) in [5, 5.41) is 23.7. The van der Waals surface area contributed by atoms with E-state index in [1.165, 1.54) is 54.2 Å². The zero-order chi connectivity index (χ0) is 32.3. The van der Waals surface area contributed by atoms with Crippen LogP contribution in [0.15, 0.2) is 71.6 Å². The summed E-state index contributed by atoms with van der Waals surface area (Å²) in [7, 11) is -3.59. The molecule has 1 aliphatic heterocycles. The van der Waals surface area contributed by atoms with Crippen LogP contribution >= 0.6 is 0 Å². The van der Waals surface area contributed by atoms with Gasteiger partial charge < -0.3 is 25.2 Å². The third kappa shape index (κ3) is 7.27. The van der Waals surface area contributed by atoms with Crippen LogP contribution in [0.3, 0.4) is 0 Å². The fraction of sp³-hybridized carbons (Fsp3) is 0.486. The first kappa shape index (κ1) is 32.5. The predicted octanol–water partition coefficient (Wildman–Crippen LogP) is 5.36. The van der Waals surface area contributed by atoms with Crippen LogP contribution in [0.25, 0.3) is 0 Å². The molecule has 6 rings (SSSR count). The molecule has 9 heteroatoms. The average Bonchev–Trinajstić information content (AvgIpc) is 3.07. The molecule has 8 nitrogen and oxygen atoms in total. The number of hydrogen-bond donors (Lipinski definition) is 3. The summed E-state index contributed by atoms with van der Waals surface area (Å²) < 4.78 is 29.2. The lowest BCUT2D eigenvalue weighted by molar-refractivity contribution is 0.0652. The molecular weight excluding hydrogens is 600 g/mol. The van der Waals surface area contributed by atoms with E-state index in [1.54, 1.807) is 0 Å². The smallest absolute Gasteiger partial charge is 0.253 e. The third-order valence-corrected chi connectivity index (χ3v) is 11.6. The van der Waals surface area contributed by atoms with Crippen molar-refractivity contribution in [3.8, 4) is 11.5 Å². The van der Waals surface area contributed by atoms with Gasteiger partial charge in [-0.05, 0) is 110 Å². The van der Waals surface area contributed by atoms with Crippen LogP contribution in [0.5, 0.6) is 11.5 Å². The molecule has 246 valence electrons. The average molecular weight is 647 g/mol. The lowest BCUT2D eigenvalue weighted by Gasteiger charge is -2.45. The van der Waals surface area contributed by atoms with Crippen molar-refractivity contribution in [2.75, 3.05) is 32.5 Å². The number of carbonyl (C=O) groups excluding carboxylic acids is 1. The van der Waals surface area contributed by atoms with E-state index >= 15 is 0 Å². The summed E-state index contributed by atoms with van der Waals surface area (Å²) in [6, 6.07) is 21.5. The van der Waals surface area contributed by atoms with E-state index < -0.39 is 15.9 Å². The number of phenols is 1. The molecular formula is C37H46N2O6S. The van der Waals surface area contributed by atoms with Gasteiger partial charge in [0.15, 0.2) is 9.84 Å². The van der Waals surface area contributed by atoms with Crippen molar-refractivity contribution in [2.24, 2.45) is 0 Å². The molecule has 2 fully saturated rings. The molecule has 2 aliphatic carbocycles. The van der Waals surface area contributed by atoms with Crippen molar-refractivity contribution in [2.45, 2.75) is 86.2 Å². The number of hydrogen-bond acceptors (Lipinski definition) is 7. The minimum absolute atomic E-state index is 0.00759. The van der Waals surface area contributed by atoms with Gasteiger partial charge in [-0.15, -0.1) is 0 Å². The van der Waals surface area contributed by atoms with Crippen molar-refractivity contribution in [1.29, 1.82) is 0 Å². The first-order valence-corrected chi connectivity index (χ1v) is 18.6. The van der Waals surface area contributed by atoms with Crippen LogP contribution in [0.1, 0.15) is 84.3 Å². The van der Waals surface area contributed by atoms with Crippen LogP contribution in [0.2, 0.25) is 0 Å². The first-order chi connectivity index (χ1) is 22.1. The lowest BCUT2D eigenvalue weighted by Crippen LogP contribution is -2.46. The summed E-state index contributed by atoms with van der Waals surface area (Å²) in [6.07, 6.45) is 10.0. The van der Waals surface area contributed by atoms with Gasteiger partial charge in [-0.25, -0.2) is 8.42 Å². The van der Waals surface area contributed by atoms with Crippen LogP contribution in [0, 0.1) is 0 Å². The van der Waals surface area contributed by atoms with E-state index in [0.29, 0.717) is 18.5 Å².